The topological polar surface area (TPSA) is 66.0 Å². The van der Waals surface area contributed by atoms with Gasteiger partial charge in [0.2, 0.25) is 0 Å². The molecule has 0 fully saturated rings. The number of halogens is 1. The molecular weight excluding hydrogens is 308 g/mol. The Morgan fingerprint density at radius 1 is 1.37 bits per heavy atom. The summed E-state index contributed by atoms with van der Waals surface area (Å²) in [7, 11) is 0. The lowest BCUT2D eigenvalue weighted by Gasteiger charge is -2.06. The minimum atomic E-state index is -0.0406. The van der Waals surface area contributed by atoms with Crippen LogP contribution in [-0.4, -0.2) is 21.6 Å². The highest BCUT2D eigenvalue weighted by Crippen LogP contribution is 2.16. The normalized spacial score (nSPS) is 12.4. The van der Waals surface area contributed by atoms with Gasteiger partial charge in [-0.3, -0.25) is 0 Å². The van der Waals surface area contributed by atoms with Crippen molar-refractivity contribution in [3.05, 3.63) is 40.6 Å². The predicted octanol–water partition coefficient (Wildman–Crippen LogP) is 2.53. The quantitative estimate of drug-likeness (QED) is 0.886. The highest BCUT2D eigenvalue weighted by Gasteiger charge is 2.07. The highest BCUT2D eigenvalue weighted by molar-refractivity contribution is 9.10. The lowest BCUT2D eigenvalue weighted by Crippen LogP contribution is -2.10. The van der Waals surface area contributed by atoms with E-state index in [1.54, 1.807) is 4.68 Å². The Bertz CT molecular complexity index is 512. The summed E-state index contributed by atoms with van der Waals surface area (Å²) in [5.41, 5.74) is 6.72. The number of rotatable bonds is 6. The van der Waals surface area contributed by atoms with E-state index in [0.717, 1.165) is 22.3 Å². The van der Waals surface area contributed by atoms with Crippen LogP contribution in [0.5, 0.6) is 5.75 Å². The van der Waals surface area contributed by atoms with Crippen LogP contribution in [0.1, 0.15) is 25.1 Å². The zero-order chi connectivity index (χ0) is 13.7. The van der Waals surface area contributed by atoms with Crippen LogP contribution >= 0.6 is 15.9 Å². The fraction of sp³-hybridized carbons (Fsp3) is 0.385. The van der Waals surface area contributed by atoms with Crippen molar-refractivity contribution in [2.45, 2.75) is 25.9 Å². The lowest BCUT2D eigenvalue weighted by atomic mass is 10.2. The molecule has 0 aliphatic rings. The predicted molar refractivity (Wildman–Crippen MR) is 76.9 cm³/mol. The van der Waals surface area contributed by atoms with E-state index in [0.29, 0.717) is 13.2 Å². The molecule has 0 saturated carbocycles. The van der Waals surface area contributed by atoms with E-state index in [4.69, 9.17) is 10.5 Å². The number of nitrogens with zero attached hydrogens (tertiary/aromatic N) is 3. The molecule has 2 rings (SSSR count). The van der Waals surface area contributed by atoms with Gasteiger partial charge in [-0.1, -0.05) is 28.1 Å². The van der Waals surface area contributed by atoms with Crippen molar-refractivity contribution >= 4 is 15.9 Å². The maximum Gasteiger partial charge on any atom is 0.119 e. The first kappa shape index (κ1) is 14.0. The first-order valence-corrected chi connectivity index (χ1v) is 7.02. The van der Waals surface area contributed by atoms with Gasteiger partial charge in [0.25, 0.3) is 0 Å². The summed E-state index contributed by atoms with van der Waals surface area (Å²) in [4.78, 5) is 0. The van der Waals surface area contributed by atoms with Crippen LogP contribution in [0, 0.1) is 0 Å². The number of hydrogen-bond acceptors (Lipinski definition) is 4. The summed E-state index contributed by atoms with van der Waals surface area (Å²) < 4.78 is 8.41. The number of nitrogens with two attached hydrogens (primary N) is 1. The molecule has 1 unspecified atom stereocenters. The summed E-state index contributed by atoms with van der Waals surface area (Å²) in [6.07, 6.45) is 2.73. The molecule has 19 heavy (non-hydrogen) atoms. The van der Waals surface area contributed by atoms with Crippen LogP contribution in [0.15, 0.2) is 34.9 Å². The van der Waals surface area contributed by atoms with Gasteiger partial charge in [0.05, 0.1) is 24.5 Å². The summed E-state index contributed by atoms with van der Waals surface area (Å²) in [5, 5.41) is 8.08. The van der Waals surface area contributed by atoms with E-state index >= 15 is 0 Å². The average molecular weight is 325 g/mol. The van der Waals surface area contributed by atoms with Crippen LogP contribution in [0.4, 0.5) is 0 Å². The third-order valence-corrected chi connectivity index (χ3v) is 3.31. The SMILES string of the molecule is CCC(N)c1cn(CCOc2ccc(Br)cc2)nn1. The van der Waals surface area contributed by atoms with Crippen LogP contribution in [-0.2, 0) is 6.54 Å². The summed E-state index contributed by atoms with van der Waals surface area (Å²) in [5.74, 6) is 0.841. The second kappa shape index (κ2) is 6.68. The zero-order valence-corrected chi connectivity index (χ0v) is 12.4. The molecule has 1 atom stereocenters. The molecule has 0 bridgehead atoms. The van der Waals surface area contributed by atoms with E-state index in [2.05, 4.69) is 26.2 Å². The molecular formula is C13H17BrN4O. The third kappa shape index (κ3) is 4.04. The monoisotopic (exact) mass is 324 g/mol. The van der Waals surface area contributed by atoms with Crippen molar-refractivity contribution in [3.63, 3.8) is 0 Å². The maximum atomic E-state index is 5.89. The van der Waals surface area contributed by atoms with Crippen molar-refractivity contribution in [2.75, 3.05) is 6.61 Å². The van der Waals surface area contributed by atoms with Crippen molar-refractivity contribution in [1.82, 2.24) is 15.0 Å². The van der Waals surface area contributed by atoms with Crippen LogP contribution in [0.2, 0.25) is 0 Å². The van der Waals surface area contributed by atoms with Crippen LogP contribution < -0.4 is 10.5 Å². The van der Waals surface area contributed by atoms with Crippen molar-refractivity contribution < 1.29 is 4.74 Å². The summed E-state index contributed by atoms with van der Waals surface area (Å²) in [6, 6.07) is 7.70. The van der Waals surface area contributed by atoms with Crippen molar-refractivity contribution in [3.8, 4) is 5.75 Å². The molecule has 2 N–H and O–H groups in total. The Labute approximate surface area is 120 Å². The number of aromatic nitrogens is 3. The van der Waals surface area contributed by atoms with Crippen LogP contribution in [0.25, 0.3) is 0 Å². The standard InChI is InChI=1S/C13H17BrN4O/c1-2-12(15)13-9-18(17-16-13)7-8-19-11-5-3-10(14)4-6-11/h3-6,9,12H,2,7-8,15H2,1H3. The van der Waals surface area contributed by atoms with Gasteiger partial charge in [-0.2, -0.15) is 0 Å². The van der Waals surface area contributed by atoms with Gasteiger partial charge in [-0.25, -0.2) is 4.68 Å². The molecule has 0 aliphatic carbocycles. The van der Waals surface area contributed by atoms with Gasteiger partial charge in [0, 0.05) is 4.47 Å². The molecule has 1 heterocycles. The van der Waals surface area contributed by atoms with E-state index in [1.165, 1.54) is 0 Å². The Kier molecular flexibility index (Phi) is 4.93. The largest absolute Gasteiger partial charge is 0.492 e. The number of hydrogen-bond donors (Lipinski definition) is 1. The van der Waals surface area contributed by atoms with E-state index in [-0.39, 0.29) is 6.04 Å². The molecule has 6 heteroatoms. The fourth-order valence-corrected chi connectivity index (χ4v) is 1.85. The smallest absolute Gasteiger partial charge is 0.119 e. The van der Waals surface area contributed by atoms with Crippen LogP contribution in [0.3, 0.4) is 0 Å². The van der Waals surface area contributed by atoms with Gasteiger partial charge in [0.1, 0.15) is 12.4 Å². The Hall–Kier alpha value is -1.40. The molecule has 0 spiro atoms. The average Bonchev–Trinajstić information content (AvgIpc) is 2.89. The van der Waals surface area contributed by atoms with Gasteiger partial charge in [-0.15, -0.1) is 5.10 Å². The van der Waals surface area contributed by atoms with Gasteiger partial charge in [-0.05, 0) is 30.7 Å². The summed E-state index contributed by atoms with van der Waals surface area (Å²) in [6.45, 7) is 3.23. The second-order valence-electron chi connectivity index (χ2n) is 4.22. The summed E-state index contributed by atoms with van der Waals surface area (Å²) >= 11 is 3.38. The van der Waals surface area contributed by atoms with E-state index in [9.17, 15) is 0 Å². The van der Waals surface area contributed by atoms with Gasteiger partial charge in [0.15, 0.2) is 0 Å². The van der Waals surface area contributed by atoms with Crippen molar-refractivity contribution in [1.29, 1.82) is 0 Å². The number of benzene rings is 1. The first-order chi connectivity index (χ1) is 9.19. The van der Waals surface area contributed by atoms with E-state index < -0.39 is 0 Å². The fourth-order valence-electron chi connectivity index (χ4n) is 1.59. The van der Waals surface area contributed by atoms with Crippen molar-refractivity contribution in [2.24, 2.45) is 5.73 Å². The second-order valence-corrected chi connectivity index (χ2v) is 5.14. The minimum absolute atomic E-state index is 0.0406. The molecule has 0 aliphatic heterocycles. The van der Waals surface area contributed by atoms with Gasteiger partial charge < -0.3 is 10.5 Å². The highest BCUT2D eigenvalue weighted by atomic mass is 79.9. The Balaban J connectivity index is 1.82. The molecule has 1 aromatic carbocycles. The number of ether oxygens (including phenoxy) is 1. The molecule has 2 aromatic rings. The van der Waals surface area contributed by atoms with Gasteiger partial charge >= 0.3 is 0 Å². The third-order valence-electron chi connectivity index (χ3n) is 2.78. The maximum absolute atomic E-state index is 5.89. The first-order valence-electron chi connectivity index (χ1n) is 6.23. The molecule has 0 amide bonds. The molecule has 102 valence electrons. The lowest BCUT2D eigenvalue weighted by molar-refractivity contribution is 0.289. The molecule has 5 nitrogen and oxygen atoms in total. The zero-order valence-electron chi connectivity index (χ0n) is 10.8. The Morgan fingerprint density at radius 2 is 2.11 bits per heavy atom. The molecule has 0 saturated heterocycles. The Morgan fingerprint density at radius 3 is 2.79 bits per heavy atom. The molecule has 1 aromatic heterocycles. The molecule has 0 radical (unpaired) electrons. The van der Waals surface area contributed by atoms with E-state index in [1.807, 2.05) is 37.4 Å². The minimum Gasteiger partial charge on any atom is -0.492 e.